The lowest BCUT2D eigenvalue weighted by Gasteiger charge is -2.44. The predicted molar refractivity (Wildman–Crippen MR) is 111 cm³/mol. The van der Waals surface area contributed by atoms with E-state index < -0.39 is 0 Å². The Labute approximate surface area is 168 Å². The number of carbonyl (C=O) groups is 1. The third kappa shape index (κ3) is 5.40. The van der Waals surface area contributed by atoms with Gasteiger partial charge in [-0.15, -0.1) is 0 Å². The van der Waals surface area contributed by atoms with E-state index in [4.69, 9.17) is 4.74 Å². The van der Waals surface area contributed by atoms with E-state index in [9.17, 15) is 4.79 Å². The molecule has 0 bridgehead atoms. The number of carbonyl (C=O) groups excluding carboxylic acids is 1. The minimum absolute atomic E-state index is 0.211. The molecular weight excluding hydrogens is 358 g/mol. The molecule has 4 aliphatic rings. The Balaban J connectivity index is 1.14. The number of amides is 1. The van der Waals surface area contributed by atoms with E-state index in [-0.39, 0.29) is 17.9 Å². The van der Waals surface area contributed by atoms with Crippen LogP contribution in [0.25, 0.3) is 0 Å². The minimum Gasteiger partial charge on any atom is -0.376 e. The number of thioether (sulfide) groups is 1. The van der Waals surface area contributed by atoms with Gasteiger partial charge in [-0.2, -0.15) is 11.8 Å². The normalized spacial score (nSPS) is 30.6. The standard InChI is InChI=1S/C21H37N3O2S/c25-21(22-16-20-2-1-13-26-20)17-3-9-23(10-4-17)18-5-11-24(12-6-18)19-7-14-27-15-8-19/h17-20H,1-16H2,(H,22,25)/t20-/m0/s1. The highest BCUT2D eigenvalue weighted by atomic mass is 32.2. The van der Waals surface area contributed by atoms with Gasteiger partial charge in [0.05, 0.1) is 6.10 Å². The van der Waals surface area contributed by atoms with E-state index in [1.807, 2.05) is 0 Å². The second kappa shape index (κ2) is 9.95. The molecule has 4 heterocycles. The van der Waals surface area contributed by atoms with Crippen molar-refractivity contribution in [3.63, 3.8) is 0 Å². The SMILES string of the molecule is O=C(NC[C@@H]1CCCO1)C1CCN(C2CCN(C3CCSCC3)CC2)CC1. The van der Waals surface area contributed by atoms with Crippen molar-refractivity contribution < 1.29 is 9.53 Å². The van der Waals surface area contributed by atoms with Crippen LogP contribution in [0.2, 0.25) is 0 Å². The molecule has 0 spiro atoms. The first-order chi connectivity index (χ1) is 13.3. The molecule has 1 atom stereocenters. The van der Waals surface area contributed by atoms with Crippen LogP contribution in [-0.4, -0.2) is 84.7 Å². The maximum Gasteiger partial charge on any atom is 0.223 e. The Morgan fingerprint density at radius 3 is 2.15 bits per heavy atom. The van der Waals surface area contributed by atoms with E-state index in [0.29, 0.717) is 6.54 Å². The number of likely N-dealkylation sites (tertiary alicyclic amines) is 2. The Hall–Kier alpha value is -0.300. The average molecular weight is 396 g/mol. The first-order valence-electron chi connectivity index (χ1n) is 11.2. The fourth-order valence-electron chi connectivity index (χ4n) is 5.36. The van der Waals surface area contributed by atoms with Crippen molar-refractivity contribution in [3.8, 4) is 0 Å². The zero-order valence-electron chi connectivity index (χ0n) is 16.7. The molecule has 4 aliphatic heterocycles. The van der Waals surface area contributed by atoms with Gasteiger partial charge >= 0.3 is 0 Å². The van der Waals surface area contributed by atoms with Gasteiger partial charge in [0.25, 0.3) is 0 Å². The van der Waals surface area contributed by atoms with Crippen molar-refractivity contribution in [2.75, 3.05) is 50.8 Å². The Morgan fingerprint density at radius 2 is 1.52 bits per heavy atom. The number of rotatable bonds is 5. The minimum atomic E-state index is 0.211. The van der Waals surface area contributed by atoms with Crippen molar-refractivity contribution >= 4 is 17.7 Å². The summed E-state index contributed by atoms with van der Waals surface area (Å²) in [5, 5.41) is 3.14. The van der Waals surface area contributed by atoms with Gasteiger partial charge in [-0.05, 0) is 89.1 Å². The van der Waals surface area contributed by atoms with Crippen LogP contribution in [-0.2, 0) is 9.53 Å². The molecule has 154 valence electrons. The van der Waals surface area contributed by atoms with Gasteiger partial charge in [0.2, 0.25) is 5.91 Å². The van der Waals surface area contributed by atoms with Crippen LogP contribution < -0.4 is 5.32 Å². The molecule has 4 saturated heterocycles. The van der Waals surface area contributed by atoms with Crippen molar-refractivity contribution in [1.29, 1.82) is 0 Å². The zero-order valence-corrected chi connectivity index (χ0v) is 17.6. The quantitative estimate of drug-likeness (QED) is 0.774. The summed E-state index contributed by atoms with van der Waals surface area (Å²) >= 11 is 2.12. The number of nitrogens with zero attached hydrogens (tertiary/aromatic N) is 2. The van der Waals surface area contributed by atoms with E-state index in [0.717, 1.165) is 57.5 Å². The highest BCUT2D eigenvalue weighted by Crippen LogP contribution is 2.28. The molecule has 0 aliphatic carbocycles. The second-order valence-corrected chi connectivity index (χ2v) is 10.0. The van der Waals surface area contributed by atoms with Crippen molar-refractivity contribution in [2.24, 2.45) is 5.92 Å². The summed E-state index contributed by atoms with van der Waals surface area (Å²) in [5.41, 5.74) is 0. The average Bonchev–Trinajstić information content (AvgIpc) is 3.27. The third-order valence-corrected chi connectivity index (χ3v) is 8.20. The maximum absolute atomic E-state index is 12.5. The van der Waals surface area contributed by atoms with Crippen molar-refractivity contribution in [1.82, 2.24) is 15.1 Å². The molecule has 5 nitrogen and oxygen atoms in total. The number of piperidine rings is 2. The van der Waals surface area contributed by atoms with Gasteiger partial charge in [0.1, 0.15) is 0 Å². The molecule has 1 amide bonds. The second-order valence-electron chi connectivity index (χ2n) is 8.80. The Kier molecular flexibility index (Phi) is 7.37. The van der Waals surface area contributed by atoms with Crippen LogP contribution in [0, 0.1) is 5.92 Å². The zero-order chi connectivity index (χ0) is 18.5. The summed E-state index contributed by atoms with van der Waals surface area (Å²) in [6, 6.07) is 1.60. The summed E-state index contributed by atoms with van der Waals surface area (Å²) in [6.07, 6.45) is 9.95. The molecule has 6 heteroatoms. The van der Waals surface area contributed by atoms with Gasteiger partial charge in [-0.1, -0.05) is 0 Å². The molecule has 27 heavy (non-hydrogen) atoms. The largest absolute Gasteiger partial charge is 0.376 e. The van der Waals surface area contributed by atoms with Gasteiger partial charge in [-0.25, -0.2) is 0 Å². The summed E-state index contributed by atoms with van der Waals surface area (Å²) in [5.74, 6) is 3.18. The molecular formula is C21H37N3O2S. The molecule has 0 saturated carbocycles. The predicted octanol–water partition coefficient (Wildman–Crippen LogP) is 2.35. The molecule has 0 aromatic rings. The lowest BCUT2D eigenvalue weighted by atomic mass is 9.92. The monoisotopic (exact) mass is 395 g/mol. The van der Waals surface area contributed by atoms with Crippen LogP contribution in [0.4, 0.5) is 0 Å². The molecule has 4 rings (SSSR count). The molecule has 1 N–H and O–H groups in total. The third-order valence-electron chi connectivity index (χ3n) is 7.15. The first-order valence-corrected chi connectivity index (χ1v) is 12.4. The van der Waals surface area contributed by atoms with E-state index in [2.05, 4.69) is 26.9 Å². The molecule has 0 aromatic heterocycles. The van der Waals surface area contributed by atoms with Crippen molar-refractivity contribution in [3.05, 3.63) is 0 Å². The van der Waals surface area contributed by atoms with Crippen LogP contribution in [0.3, 0.4) is 0 Å². The summed E-state index contributed by atoms with van der Waals surface area (Å²) in [4.78, 5) is 17.9. The summed E-state index contributed by atoms with van der Waals surface area (Å²) in [6.45, 7) is 6.32. The smallest absolute Gasteiger partial charge is 0.223 e. The van der Waals surface area contributed by atoms with E-state index in [1.54, 1.807) is 0 Å². The molecule has 0 radical (unpaired) electrons. The Morgan fingerprint density at radius 1 is 0.889 bits per heavy atom. The Bertz CT molecular complexity index is 464. The van der Waals surface area contributed by atoms with Gasteiger partial charge < -0.3 is 19.9 Å². The number of nitrogens with one attached hydrogen (secondary N) is 1. The van der Waals surface area contributed by atoms with E-state index in [1.165, 1.54) is 50.3 Å². The lowest BCUT2D eigenvalue weighted by molar-refractivity contribution is -0.127. The van der Waals surface area contributed by atoms with Crippen molar-refractivity contribution in [2.45, 2.75) is 69.6 Å². The first kappa shape index (κ1) is 20.0. The molecule has 4 fully saturated rings. The number of hydrogen-bond acceptors (Lipinski definition) is 5. The van der Waals surface area contributed by atoms with E-state index >= 15 is 0 Å². The lowest BCUT2D eigenvalue weighted by Crippen LogP contribution is -2.51. The van der Waals surface area contributed by atoms with Crippen LogP contribution in [0.1, 0.15) is 51.4 Å². The summed E-state index contributed by atoms with van der Waals surface area (Å²) < 4.78 is 5.61. The number of ether oxygens (including phenoxy) is 1. The number of hydrogen-bond donors (Lipinski definition) is 1. The van der Waals surface area contributed by atoms with Gasteiger partial charge in [0.15, 0.2) is 0 Å². The highest BCUT2D eigenvalue weighted by Gasteiger charge is 2.32. The fourth-order valence-corrected chi connectivity index (χ4v) is 6.44. The maximum atomic E-state index is 12.5. The van der Waals surface area contributed by atoms with Crippen LogP contribution in [0.5, 0.6) is 0 Å². The highest BCUT2D eigenvalue weighted by molar-refractivity contribution is 7.99. The molecule has 0 unspecified atom stereocenters. The summed E-state index contributed by atoms with van der Waals surface area (Å²) in [7, 11) is 0. The van der Waals surface area contributed by atoms with Crippen LogP contribution in [0.15, 0.2) is 0 Å². The van der Waals surface area contributed by atoms with Crippen LogP contribution >= 0.6 is 11.8 Å². The van der Waals surface area contributed by atoms with Gasteiger partial charge in [-0.3, -0.25) is 4.79 Å². The molecule has 0 aromatic carbocycles. The fraction of sp³-hybridized carbons (Fsp3) is 0.952. The topological polar surface area (TPSA) is 44.8 Å². The van der Waals surface area contributed by atoms with Gasteiger partial charge in [0, 0.05) is 31.2 Å².